The zero-order chi connectivity index (χ0) is 12.1. The van der Waals surface area contributed by atoms with Crippen molar-refractivity contribution in [2.24, 2.45) is 0 Å². The molecule has 17 heavy (non-hydrogen) atoms. The minimum atomic E-state index is 0.326. The molecule has 2 heteroatoms. The number of nitrogens with one attached hydrogen (secondary N) is 1. The average Bonchev–Trinajstić information content (AvgIpc) is 2.38. The molecule has 2 aromatic carbocycles. The number of rotatable bonds is 4. The van der Waals surface area contributed by atoms with Crippen LogP contribution in [0.15, 0.2) is 54.6 Å². The quantitative estimate of drug-likeness (QED) is 0.852. The fourth-order valence-electron chi connectivity index (χ4n) is 1.76. The van der Waals surface area contributed by atoms with Gasteiger partial charge < -0.3 is 5.32 Å². The SMILES string of the molecule is C[C@@H](NCc1ccccc1Cl)c1ccccc1. The molecule has 2 rings (SSSR count). The van der Waals surface area contributed by atoms with Gasteiger partial charge in [-0.25, -0.2) is 0 Å². The van der Waals surface area contributed by atoms with Gasteiger partial charge in [-0.15, -0.1) is 0 Å². The van der Waals surface area contributed by atoms with Gasteiger partial charge in [0.05, 0.1) is 0 Å². The lowest BCUT2D eigenvalue weighted by Crippen LogP contribution is -2.18. The summed E-state index contributed by atoms with van der Waals surface area (Å²) in [6.07, 6.45) is 0. The molecule has 0 heterocycles. The molecule has 1 atom stereocenters. The molecule has 0 unspecified atom stereocenters. The zero-order valence-corrected chi connectivity index (χ0v) is 10.6. The smallest absolute Gasteiger partial charge is 0.0450 e. The van der Waals surface area contributed by atoms with E-state index in [0.29, 0.717) is 6.04 Å². The Morgan fingerprint density at radius 1 is 1.00 bits per heavy atom. The van der Waals surface area contributed by atoms with Crippen LogP contribution in [0.4, 0.5) is 0 Å². The van der Waals surface area contributed by atoms with Crippen molar-refractivity contribution in [3.63, 3.8) is 0 Å². The van der Waals surface area contributed by atoms with Crippen molar-refractivity contribution in [2.45, 2.75) is 19.5 Å². The molecule has 0 aliphatic heterocycles. The average molecular weight is 246 g/mol. The van der Waals surface area contributed by atoms with Crippen molar-refractivity contribution >= 4 is 11.6 Å². The second kappa shape index (κ2) is 5.85. The fourth-order valence-corrected chi connectivity index (χ4v) is 1.97. The molecule has 0 fully saturated rings. The van der Waals surface area contributed by atoms with Crippen LogP contribution < -0.4 is 5.32 Å². The summed E-state index contributed by atoms with van der Waals surface area (Å²) >= 11 is 6.11. The van der Waals surface area contributed by atoms with E-state index in [0.717, 1.165) is 17.1 Å². The third kappa shape index (κ3) is 3.32. The molecule has 0 amide bonds. The molecule has 0 radical (unpaired) electrons. The summed E-state index contributed by atoms with van der Waals surface area (Å²) in [6.45, 7) is 2.95. The van der Waals surface area contributed by atoms with E-state index < -0.39 is 0 Å². The second-order valence-electron chi connectivity index (χ2n) is 4.10. The minimum absolute atomic E-state index is 0.326. The van der Waals surface area contributed by atoms with Crippen LogP contribution >= 0.6 is 11.6 Å². The topological polar surface area (TPSA) is 12.0 Å². The molecular weight excluding hydrogens is 230 g/mol. The maximum Gasteiger partial charge on any atom is 0.0450 e. The second-order valence-corrected chi connectivity index (χ2v) is 4.51. The molecule has 88 valence electrons. The van der Waals surface area contributed by atoms with Crippen LogP contribution in [0.2, 0.25) is 5.02 Å². The Labute approximate surface area is 107 Å². The highest BCUT2D eigenvalue weighted by atomic mass is 35.5. The number of hydrogen-bond donors (Lipinski definition) is 1. The van der Waals surface area contributed by atoms with Crippen molar-refractivity contribution in [2.75, 3.05) is 0 Å². The summed E-state index contributed by atoms with van der Waals surface area (Å²) in [4.78, 5) is 0. The Morgan fingerprint density at radius 2 is 1.65 bits per heavy atom. The third-order valence-electron chi connectivity index (χ3n) is 2.86. The minimum Gasteiger partial charge on any atom is -0.306 e. The van der Waals surface area contributed by atoms with Gasteiger partial charge in [0.25, 0.3) is 0 Å². The molecule has 2 aromatic rings. The summed E-state index contributed by atoms with van der Waals surface area (Å²) in [5.74, 6) is 0. The van der Waals surface area contributed by atoms with Gasteiger partial charge in [-0.3, -0.25) is 0 Å². The summed E-state index contributed by atoms with van der Waals surface area (Å²) < 4.78 is 0. The van der Waals surface area contributed by atoms with E-state index in [9.17, 15) is 0 Å². The van der Waals surface area contributed by atoms with E-state index in [1.54, 1.807) is 0 Å². The van der Waals surface area contributed by atoms with Gasteiger partial charge >= 0.3 is 0 Å². The Morgan fingerprint density at radius 3 is 2.35 bits per heavy atom. The van der Waals surface area contributed by atoms with Crippen molar-refractivity contribution in [1.29, 1.82) is 0 Å². The molecule has 0 bridgehead atoms. The molecule has 0 aromatic heterocycles. The first-order chi connectivity index (χ1) is 8.27. The number of hydrogen-bond acceptors (Lipinski definition) is 1. The van der Waals surface area contributed by atoms with E-state index >= 15 is 0 Å². The molecule has 0 saturated carbocycles. The van der Waals surface area contributed by atoms with E-state index in [4.69, 9.17) is 11.6 Å². The predicted octanol–water partition coefficient (Wildman–Crippen LogP) is 4.19. The van der Waals surface area contributed by atoms with Crippen LogP contribution in [0.5, 0.6) is 0 Å². The van der Waals surface area contributed by atoms with Gasteiger partial charge in [-0.05, 0) is 24.1 Å². The van der Waals surface area contributed by atoms with E-state index in [1.165, 1.54) is 5.56 Å². The Balaban J connectivity index is 1.97. The van der Waals surface area contributed by atoms with E-state index in [2.05, 4.69) is 36.5 Å². The number of halogens is 1. The van der Waals surface area contributed by atoms with Gasteiger partial charge in [0.2, 0.25) is 0 Å². The van der Waals surface area contributed by atoms with Crippen LogP contribution in [0.3, 0.4) is 0 Å². The molecule has 0 aliphatic rings. The van der Waals surface area contributed by atoms with E-state index in [1.807, 2.05) is 30.3 Å². The summed E-state index contributed by atoms with van der Waals surface area (Å²) in [5.41, 5.74) is 2.43. The molecule has 1 N–H and O–H groups in total. The molecule has 1 nitrogen and oxygen atoms in total. The first-order valence-corrected chi connectivity index (χ1v) is 6.17. The lowest BCUT2D eigenvalue weighted by atomic mass is 10.1. The van der Waals surface area contributed by atoms with Crippen molar-refractivity contribution in [1.82, 2.24) is 5.32 Å². The fraction of sp³-hybridized carbons (Fsp3) is 0.200. The Bertz CT molecular complexity index is 467. The highest BCUT2D eigenvalue weighted by Crippen LogP contribution is 2.17. The summed E-state index contributed by atoms with van der Waals surface area (Å²) in [5, 5.41) is 4.29. The maximum absolute atomic E-state index is 6.11. The highest BCUT2D eigenvalue weighted by Gasteiger charge is 2.05. The lowest BCUT2D eigenvalue weighted by Gasteiger charge is -2.14. The predicted molar refractivity (Wildman–Crippen MR) is 73.1 cm³/mol. The molecule has 0 saturated heterocycles. The van der Waals surface area contributed by atoms with Gasteiger partial charge in [0.1, 0.15) is 0 Å². The van der Waals surface area contributed by atoms with Crippen LogP contribution in [0.1, 0.15) is 24.1 Å². The molecular formula is C15H16ClN. The molecule has 0 spiro atoms. The normalized spacial score (nSPS) is 12.4. The van der Waals surface area contributed by atoms with Crippen LogP contribution in [0, 0.1) is 0 Å². The first-order valence-electron chi connectivity index (χ1n) is 5.79. The van der Waals surface area contributed by atoms with Crippen molar-refractivity contribution in [3.8, 4) is 0 Å². The summed E-state index contributed by atoms with van der Waals surface area (Å²) in [7, 11) is 0. The third-order valence-corrected chi connectivity index (χ3v) is 3.22. The Kier molecular flexibility index (Phi) is 4.18. The summed E-state index contributed by atoms with van der Waals surface area (Å²) in [6, 6.07) is 18.7. The van der Waals surface area contributed by atoms with Crippen LogP contribution in [-0.4, -0.2) is 0 Å². The lowest BCUT2D eigenvalue weighted by molar-refractivity contribution is 0.575. The van der Waals surface area contributed by atoms with Crippen molar-refractivity contribution in [3.05, 3.63) is 70.7 Å². The van der Waals surface area contributed by atoms with Gasteiger partial charge in [-0.2, -0.15) is 0 Å². The van der Waals surface area contributed by atoms with Gasteiger partial charge in [-0.1, -0.05) is 60.1 Å². The molecule has 0 aliphatic carbocycles. The number of benzene rings is 2. The Hall–Kier alpha value is -1.31. The van der Waals surface area contributed by atoms with Gasteiger partial charge in [0.15, 0.2) is 0 Å². The van der Waals surface area contributed by atoms with Gasteiger partial charge in [0, 0.05) is 17.6 Å². The standard InChI is InChI=1S/C15H16ClN/c1-12(13-7-3-2-4-8-13)17-11-14-9-5-6-10-15(14)16/h2-10,12,17H,11H2,1H3/t12-/m1/s1. The van der Waals surface area contributed by atoms with Crippen molar-refractivity contribution < 1.29 is 0 Å². The monoisotopic (exact) mass is 245 g/mol. The highest BCUT2D eigenvalue weighted by molar-refractivity contribution is 6.31. The maximum atomic E-state index is 6.11. The first kappa shape index (κ1) is 12.2. The van der Waals surface area contributed by atoms with Crippen LogP contribution in [-0.2, 0) is 6.54 Å². The van der Waals surface area contributed by atoms with E-state index in [-0.39, 0.29) is 0 Å². The van der Waals surface area contributed by atoms with Crippen LogP contribution in [0.25, 0.3) is 0 Å². The zero-order valence-electron chi connectivity index (χ0n) is 9.86. The largest absolute Gasteiger partial charge is 0.306 e.